The molecule has 1 aromatic carbocycles. The number of rotatable bonds is 5. The van der Waals surface area contributed by atoms with E-state index in [4.69, 9.17) is 5.11 Å². The standard InChI is InChI=1S/C13H15N3O3/c1-9(8-17)6-15-12-2-3-13(16(18)19)11-7-14-5-4-10(11)12/h2-5,7,9,15,17H,6,8H2,1H3. The molecule has 1 unspecified atom stereocenters. The molecule has 2 N–H and O–H groups in total. The van der Waals surface area contributed by atoms with Crippen molar-refractivity contribution in [3.05, 3.63) is 40.7 Å². The molecule has 0 amide bonds. The summed E-state index contributed by atoms with van der Waals surface area (Å²) < 4.78 is 0. The number of aliphatic hydroxyl groups excluding tert-OH is 1. The number of anilines is 1. The molecule has 2 rings (SSSR count). The summed E-state index contributed by atoms with van der Waals surface area (Å²) in [6.45, 7) is 2.62. The molecule has 1 atom stereocenters. The van der Waals surface area contributed by atoms with Gasteiger partial charge in [0.15, 0.2) is 0 Å². The van der Waals surface area contributed by atoms with Crippen molar-refractivity contribution in [3.63, 3.8) is 0 Å². The van der Waals surface area contributed by atoms with Gasteiger partial charge < -0.3 is 10.4 Å². The maximum Gasteiger partial charge on any atom is 0.278 e. The van der Waals surface area contributed by atoms with E-state index in [-0.39, 0.29) is 18.2 Å². The van der Waals surface area contributed by atoms with Gasteiger partial charge in [-0.05, 0) is 18.1 Å². The van der Waals surface area contributed by atoms with Crippen LogP contribution in [0.2, 0.25) is 0 Å². The fourth-order valence-corrected chi connectivity index (χ4v) is 1.84. The van der Waals surface area contributed by atoms with Crippen LogP contribution in [0.4, 0.5) is 11.4 Å². The highest BCUT2D eigenvalue weighted by atomic mass is 16.6. The first kappa shape index (κ1) is 13.2. The molecule has 0 aliphatic carbocycles. The van der Waals surface area contributed by atoms with Crippen molar-refractivity contribution in [3.8, 4) is 0 Å². The summed E-state index contributed by atoms with van der Waals surface area (Å²) in [5.41, 5.74) is 0.854. The second-order valence-corrected chi connectivity index (χ2v) is 4.48. The number of nitrogens with one attached hydrogen (secondary N) is 1. The van der Waals surface area contributed by atoms with Crippen LogP contribution in [0.3, 0.4) is 0 Å². The van der Waals surface area contributed by atoms with Crippen molar-refractivity contribution in [2.75, 3.05) is 18.5 Å². The molecule has 1 heterocycles. The number of non-ortho nitro benzene ring substituents is 1. The number of benzene rings is 1. The number of pyridine rings is 1. The van der Waals surface area contributed by atoms with Crippen LogP contribution in [-0.4, -0.2) is 28.2 Å². The van der Waals surface area contributed by atoms with Crippen LogP contribution < -0.4 is 5.32 Å². The highest BCUT2D eigenvalue weighted by molar-refractivity contribution is 5.99. The summed E-state index contributed by atoms with van der Waals surface area (Å²) in [6, 6.07) is 4.90. The Morgan fingerprint density at radius 3 is 2.89 bits per heavy atom. The van der Waals surface area contributed by atoms with Crippen molar-refractivity contribution in [2.24, 2.45) is 5.92 Å². The van der Waals surface area contributed by atoms with Gasteiger partial charge in [-0.3, -0.25) is 15.1 Å². The normalized spacial score (nSPS) is 12.3. The number of aliphatic hydroxyl groups is 1. The molecule has 0 radical (unpaired) electrons. The molecule has 0 saturated carbocycles. The van der Waals surface area contributed by atoms with Crippen molar-refractivity contribution >= 4 is 22.1 Å². The number of nitro benzene ring substituents is 1. The Bertz CT molecular complexity index is 601. The van der Waals surface area contributed by atoms with Crippen LogP contribution in [0.15, 0.2) is 30.6 Å². The molecule has 0 saturated heterocycles. The molecule has 0 aliphatic heterocycles. The third-order valence-corrected chi connectivity index (χ3v) is 2.94. The van der Waals surface area contributed by atoms with Crippen molar-refractivity contribution in [2.45, 2.75) is 6.92 Å². The van der Waals surface area contributed by atoms with Gasteiger partial charge in [-0.1, -0.05) is 6.92 Å². The van der Waals surface area contributed by atoms with Crippen LogP contribution in [0, 0.1) is 16.0 Å². The van der Waals surface area contributed by atoms with Crippen LogP contribution in [0.5, 0.6) is 0 Å². The summed E-state index contributed by atoms with van der Waals surface area (Å²) in [5.74, 6) is 0.118. The maximum atomic E-state index is 11.0. The molecule has 6 nitrogen and oxygen atoms in total. The second-order valence-electron chi connectivity index (χ2n) is 4.48. The Morgan fingerprint density at radius 1 is 1.42 bits per heavy atom. The highest BCUT2D eigenvalue weighted by Crippen LogP contribution is 2.30. The Kier molecular flexibility index (Phi) is 3.91. The molecule has 6 heteroatoms. The minimum absolute atomic E-state index is 0.0452. The van der Waals surface area contributed by atoms with Crippen LogP contribution in [0.25, 0.3) is 10.8 Å². The van der Waals surface area contributed by atoms with Crippen LogP contribution in [-0.2, 0) is 0 Å². The lowest BCUT2D eigenvalue weighted by Gasteiger charge is -2.13. The van der Waals surface area contributed by atoms with E-state index >= 15 is 0 Å². The first-order valence-electron chi connectivity index (χ1n) is 5.99. The lowest BCUT2D eigenvalue weighted by molar-refractivity contribution is -0.383. The van der Waals surface area contributed by atoms with E-state index < -0.39 is 4.92 Å². The molecule has 19 heavy (non-hydrogen) atoms. The Hall–Kier alpha value is -2.21. The second kappa shape index (κ2) is 5.62. The van der Waals surface area contributed by atoms with Gasteiger partial charge in [0.05, 0.1) is 10.3 Å². The van der Waals surface area contributed by atoms with Gasteiger partial charge in [0, 0.05) is 42.7 Å². The molecule has 100 valence electrons. The molecular weight excluding hydrogens is 246 g/mol. The zero-order valence-corrected chi connectivity index (χ0v) is 10.5. The Labute approximate surface area is 110 Å². The van der Waals surface area contributed by atoms with Crippen LogP contribution >= 0.6 is 0 Å². The van der Waals surface area contributed by atoms with E-state index in [0.717, 1.165) is 11.1 Å². The number of fused-ring (bicyclic) bond motifs is 1. The quantitative estimate of drug-likeness (QED) is 0.636. The van der Waals surface area contributed by atoms with Crippen molar-refractivity contribution < 1.29 is 10.0 Å². The zero-order valence-electron chi connectivity index (χ0n) is 10.5. The van der Waals surface area contributed by atoms with Crippen molar-refractivity contribution in [1.29, 1.82) is 0 Å². The van der Waals surface area contributed by atoms with Gasteiger partial charge in [0.2, 0.25) is 0 Å². The Morgan fingerprint density at radius 2 is 2.21 bits per heavy atom. The van der Waals surface area contributed by atoms with Gasteiger partial charge in [0.1, 0.15) is 0 Å². The smallest absolute Gasteiger partial charge is 0.278 e. The number of nitrogens with zero attached hydrogens (tertiary/aromatic N) is 2. The molecule has 2 aromatic rings. The number of hydrogen-bond donors (Lipinski definition) is 2. The summed E-state index contributed by atoms with van der Waals surface area (Å²) in [6.07, 6.45) is 3.10. The van der Waals surface area contributed by atoms with Crippen LogP contribution in [0.1, 0.15) is 6.92 Å². The first-order chi connectivity index (χ1) is 9.13. The summed E-state index contributed by atoms with van der Waals surface area (Å²) in [4.78, 5) is 14.5. The first-order valence-corrected chi connectivity index (χ1v) is 5.99. The van der Waals surface area contributed by atoms with E-state index in [2.05, 4.69) is 10.3 Å². The van der Waals surface area contributed by atoms with E-state index in [0.29, 0.717) is 11.9 Å². The minimum atomic E-state index is -0.413. The summed E-state index contributed by atoms with van der Waals surface area (Å²) in [7, 11) is 0. The summed E-state index contributed by atoms with van der Waals surface area (Å²) in [5, 5.41) is 24.4. The lowest BCUT2D eigenvalue weighted by atomic mass is 10.1. The fraction of sp³-hybridized carbons (Fsp3) is 0.308. The average molecular weight is 261 g/mol. The van der Waals surface area contributed by atoms with E-state index in [1.165, 1.54) is 12.3 Å². The lowest BCUT2D eigenvalue weighted by Crippen LogP contribution is -2.14. The summed E-state index contributed by atoms with van der Waals surface area (Å²) >= 11 is 0. The SMILES string of the molecule is CC(CO)CNc1ccc([N+](=O)[O-])c2cnccc12. The molecule has 0 bridgehead atoms. The zero-order chi connectivity index (χ0) is 13.8. The number of hydrogen-bond acceptors (Lipinski definition) is 5. The van der Waals surface area contributed by atoms with E-state index in [1.54, 1.807) is 18.3 Å². The largest absolute Gasteiger partial charge is 0.396 e. The highest BCUT2D eigenvalue weighted by Gasteiger charge is 2.14. The van der Waals surface area contributed by atoms with E-state index in [9.17, 15) is 10.1 Å². The Balaban J connectivity index is 2.41. The number of nitro groups is 1. The topological polar surface area (TPSA) is 88.3 Å². The molecule has 0 aliphatic rings. The third-order valence-electron chi connectivity index (χ3n) is 2.94. The van der Waals surface area contributed by atoms with Gasteiger partial charge >= 0.3 is 0 Å². The van der Waals surface area contributed by atoms with Gasteiger partial charge in [-0.2, -0.15) is 0 Å². The van der Waals surface area contributed by atoms with Gasteiger partial charge in [-0.15, -0.1) is 0 Å². The van der Waals surface area contributed by atoms with E-state index in [1.807, 2.05) is 6.92 Å². The molecule has 0 spiro atoms. The predicted octanol–water partition coefficient (Wildman–Crippen LogP) is 2.18. The monoisotopic (exact) mass is 261 g/mol. The average Bonchev–Trinajstić information content (AvgIpc) is 2.43. The van der Waals surface area contributed by atoms with Gasteiger partial charge in [0.25, 0.3) is 5.69 Å². The number of aromatic nitrogens is 1. The maximum absolute atomic E-state index is 11.0. The molecule has 0 fully saturated rings. The fourth-order valence-electron chi connectivity index (χ4n) is 1.84. The van der Waals surface area contributed by atoms with Gasteiger partial charge in [-0.25, -0.2) is 0 Å². The minimum Gasteiger partial charge on any atom is -0.396 e. The molecule has 1 aromatic heterocycles. The predicted molar refractivity (Wildman–Crippen MR) is 73.1 cm³/mol. The molecular formula is C13H15N3O3. The third kappa shape index (κ3) is 2.79. The van der Waals surface area contributed by atoms with Crippen molar-refractivity contribution in [1.82, 2.24) is 4.98 Å².